The lowest BCUT2D eigenvalue weighted by molar-refractivity contribution is 0.845. The molecule has 1 heterocycles. The smallest absolute Gasteiger partial charge is 0.134 e. The molecule has 0 unspecified atom stereocenters. The van der Waals surface area contributed by atoms with Crippen molar-refractivity contribution in [2.45, 2.75) is 26.2 Å². The van der Waals surface area contributed by atoms with E-state index in [2.05, 4.69) is 58.7 Å². The van der Waals surface area contributed by atoms with Gasteiger partial charge in [0.2, 0.25) is 0 Å². The molecule has 0 aliphatic heterocycles. The van der Waals surface area contributed by atoms with E-state index in [-0.39, 0.29) is 0 Å². The lowest BCUT2D eigenvalue weighted by Crippen LogP contribution is -2.12. The highest BCUT2D eigenvalue weighted by Gasteiger charge is 2.13. The predicted molar refractivity (Wildman–Crippen MR) is 84.3 cm³/mol. The summed E-state index contributed by atoms with van der Waals surface area (Å²) in [5.41, 5.74) is 2.47. The fourth-order valence-electron chi connectivity index (χ4n) is 2.25. The van der Waals surface area contributed by atoms with Crippen LogP contribution >= 0.6 is 0 Å². The van der Waals surface area contributed by atoms with E-state index in [0.717, 1.165) is 30.2 Å². The lowest BCUT2D eigenvalue weighted by Gasteiger charge is -2.16. The number of hydrogen-bond donors (Lipinski definition) is 2. The summed E-state index contributed by atoms with van der Waals surface area (Å²) in [6, 6.07) is 10.5. The van der Waals surface area contributed by atoms with Gasteiger partial charge in [-0.3, -0.25) is 0 Å². The van der Waals surface area contributed by atoms with Crippen LogP contribution in [-0.4, -0.2) is 23.6 Å². The molecule has 2 aromatic rings. The summed E-state index contributed by atoms with van der Waals surface area (Å²) in [6.45, 7) is 5.17. The van der Waals surface area contributed by atoms with Crippen molar-refractivity contribution in [1.29, 1.82) is 0 Å². The van der Waals surface area contributed by atoms with Crippen LogP contribution in [0.3, 0.4) is 0 Å². The van der Waals surface area contributed by atoms with Crippen LogP contribution in [0, 0.1) is 0 Å². The van der Waals surface area contributed by atoms with Crippen LogP contribution < -0.4 is 10.6 Å². The molecule has 0 aliphatic carbocycles. The van der Waals surface area contributed by atoms with Crippen molar-refractivity contribution >= 4 is 11.6 Å². The molecule has 0 bridgehead atoms. The van der Waals surface area contributed by atoms with Crippen LogP contribution in [0.2, 0.25) is 0 Å². The second-order valence-electron chi connectivity index (χ2n) is 5.05. The maximum atomic E-state index is 4.38. The average Bonchev–Trinajstić information content (AvgIpc) is 2.47. The van der Waals surface area contributed by atoms with Crippen molar-refractivity contribution in [3.05, 3.63) is 47.8 Å². The molecule has 4 nitrogen and oxygen atoms in total. The van der Waals surface area contributed by atoms with E-state index in [9.17, 15) is 0 Å². The maximum absolute atomic E-state index is 4.38. The number of hydrogen-bond acceptors (Lipinski definition) is 4. The van der Waals surface area contributed by atoms with Gasteiger partial charge in [-0.15, -0.1) is 0 Å². The predicted octanol–water partition coefficient (Wildman–Crippen LogP) is 3.30. The van der Waals surface area contributed by atoms with Crippen molar-refractivity contribution < 1.29 is 0 Å². The van der Waals surface area contributed by atoms with E-state index in [4.69, 9.17) is 0 Å². The van der Waals surface area contributed by atoms with Gasteiger partial charge in [0.25, 0.3) is 0 Å². The van der Waals surface area contributed by atoms with Crippen molar-refractivity contribution in [3.63, 3.8) is 0 Å². The third-order valence-electron chi connectivity index (χ3n) is 3.25. The SMILES string of the molecule is CNc1ncnc(NCCc2ccccc2)c1C(C)C. The molecule has 20 heavy (non-hydrogen) atoms. The topological polar surface area (TPSA) is 49.8 Å². The Hall–Kier alpha value is -2.10. The number of nitrogens with zero attached hydrogens (tertiary/aromatic N) is 2. The minimum absolute atomic E-state index is 0.373. The first-order valence-electron chi connectivity index (χ1n) is 7.02. The number of rotatable bonds is 6. The highest BCUT2D eigenvalue weighted by Crippen LogP contribution is 2.27. The van der Waals surface area contributed by atoms with Crippen LogP contribution in [0.4, 0.5) is 11.6 Å². The lowest BCUT2D eigenvalue weighted by atomic mass is 10.0. The Morgan fingerprint density at radius 1 is 1.05 bits per heavy atom. The first kappa shape index (κ1) is 14.3. The van der Waals surface area contributed by atoms with Gasteiger partial charge in [0.05, 0.1) is 0 Å². The van der Waals surface area contributed by atoms with Gasteiger partial charge < -0.3 is 10.6 Å². The van der Waals surface area contributed by atoms with E-state index in [1.54, 1.807) is 6.33 Å². The molecule has 0 spiro atoms. The Morgan fingerprint density at radius 3 is 2.40 bits per heavy atom. The Morgan fingerprint density at radius 2 is 1.75 bits per heavy atom. The molecule has 0 saturated carbocycles. The van der Waals surface area contributed by atoms with Crippen LogP contribution in [0.25, 0.3) is 0 Å². The zero-order valence-corrected chi connectivity index (χ0v) is 12.4. The number of anilines is 2. The zero-order valence-electron chi connectivity index (χ0n) is 12.4. The molecule has 1 aromatic heterocycles. The normalized spacial score (nSPS) is 10.6. The number of benzene rings is 1. The number of nitrogens with one attached hydrogen (secondary N) is 2. The first-order chi connectivity index (χ1) is 9.72. The van der Waals surface area contributed by atoms with E-state index in [0.29, 0.717) is 5.92 Å². The summed E-state index contributed by atoms with van der Waals surface area (Å²) in [7, 11) is 1.89. The largest absolute Gasteiger partial charge is 0.373 e. The van der Waals surface area contributed by atoms with Gasteiger partial charge in [-0.1, -0.05) is 44.2 Å². The van der Waals surface area contributed by atoms with Crippen molar-refractivity contribution in [2.24, 2.45) is 0 Å². The van der Waals surface area contributed by atoms with Gasteiger partial charge in [0.15, 0.2) is 0 Å². The third kappa shape index (κ3) is 3.47. The summed E-state index contributed by atoms with van der Waals surface area (Å²) in [4.78, 5) is 8.66. The molecule has 2 N–H and O–H groups in total. The molecular formula is C16H22N4. The second kappa shape index (κ2) is 6.89. The van der Waals surface area contributed by atoms with Crippen molar-refractivity contribution in [3.8, 4) is 0 Å². The molecule has 0 atom stereocenters. The summed E-state index contributed by atoms with van der Waals surface area (Å²) >= 11 is 0. The van der Waals surface area contributed by atoms with E-state index >= 15 is 0 Å². The first-order valence-corrected chi connectivity index (χ1v) is 7.02. The standard InChI is InChI=1S/C16H22N4/c1-12(2)14-15(17-3)19-11-20-16(14)18-10-9-13-7-5-4-6-8-13/h4-8,11-12H,9-10H2,1-3H3,(H2,17,18,19,20). The van der Waals surface area contributed by atoms with Gasteiger partial charge >= 0.3 is 0 Å². The molecular weight excluding hydrogens is 248 g/mol. The monoisotopic (exact) mass is 270 g/mol. The minimum atomic E-state index is 0.373. The Bertz CT molecular complexity index is 537. The summed E-state index contributed by atoms with van der Waals surface area (Å²) in [5.74, 6) is 2.20. The quantitative estimate of drug-likeness (QED) is 0.845. The van der Waals surface area contributed by atoms with Gasteiger partial charge in [0.1, 0.15) is 18.0 Å². The Kier molecular flexibility index (Phi) is 4.93. The fourth-order valence-corrected chi connectivity index (χ4v) is 2.25. The highest BCUT2D eigenvalue weighted by atomic mass is 15.1. The second-order valence-corrected chi connectivity index (χ2v) is 5.05. The molecule has 0 aliphatic rings. The number of aromatic nitrogens is 2. The zero-order chi connectivity index (χ0) is 14.4. The molecule has 1 aromatic carbocycles. The average molecular weight is 270 g/mol. The fraction of sp³-hybridized carbons (Fsp3) is 0.375. The Balaban J connectivity index is 2.06. The molecule has 4 heteroatoms. The van der Waals surface area contributed by atoms with Gasteiger partial charge in [-0.2, -0.15) is 0 Å². The van der Waals surface area contributed by atoms with Crippen LogP contribution in [0.1, 0.15) is 30.9 Å². The Labute approximate surface area is 120 Å². The molecule has 2 rings (SSSR count). The van der Waals surface area contributed by atoms with Crippen LogP contribution in [-0.2, 0) is 6.42 Å². The van der Waals surface area contributed by atoms with Crippen LogP contribution in [0.15, 0.2) is 36.7 Å². The van der Waals surface area contributed by atoms with Crippen LogP contribution in [0.5, 0.6) is 0 Å². The highest BCUT2D eigenvalue weighted by molar-refractivity contribution is 5.58. The van der Waals surface area contributed by atoms with Gasteiger partial charge in [-0.25, -0.2) is 9.97 Å². The summed E-state index contributed by atoms with van der Waals surface area (Å²) in [5, 5.41) is 6.56. The third-order valence-corrected chi connectivity index (χ3v) is 3.25. The van der Waals surface area contributed by atoms with Gasteiger partial charge in [0, 0.05) is 19.2 Å². The van der Waals surface area contributed by atoms with Gasteiger partial charge in [-0.05, 0) is 17.9 Å². The van der Waals surface area contributed by atoms with E-state index in [1.165, 1.54) is 5.56 Å². The van der Waals surface area contributed by atoms with E-state index in [1.807, 2.05) is 13.1 Å². The van der Waals surface area contributed by atoms with Crippen molar-refractivity contribution in [1.82, 2.24) is 9.97 Å². The maximum Gasteiger partial charge on any atom is 0.134 e. The molecule has 106 valence electrons. The summed E-state index contributed by atoms with van der Waals surface area (Å²) < 4.78 is 0. The van der Waals surface area contributed by atoms with E-state index < -0.39 is 0 Å². The molecule has 0 saturated heterocycles. The molecule has 0 radical (unpaired) electrons. The molecule has 0 amide bonds. The van der Waals surface area contributed by atoms with Crippen molar-refractivity contribution in [2.75, 3.05) is 24.2 Å². The summed E-state index contributed by atoms with van der Waals surface area (Å²) in [6.07, 6.45) is 2.58. The molecule has 0 fully saturated rings. The minimum Gasteiger partial charge on any atom is -0.373 e.